The molecule has 0 unspecified atom stereocenters. The standard InChI is InChI=1S/C6H3BIP/c1-4-7(8)9(5-2)6-3/h1-3H. The lowest BCUT2D eigenvalue weighted by atomic mass is 10.2. The van der Waals surface area contributed by atoms with E-state index in [1.165, 1.54) is 0 Å². The molecule has 0 bridgehead atoms. The molecule has 0 amide bonds. The summed E-state index contributed by atoms with van der Waals surface area (Å²) in [7, 11) is -0.811. The van der Waals surface area contributed by atoms with E-state index < -0.39 is 7.80 Å². The van der Waals surface area contributed by atoms with E-state index in [9.17, 15) is 0 Å². The monoisotopic (exact) mass is 244 g/mol. The van der Waals surface area contributed by atoms with E-state index in [0.29, 0.717) is 0 Å². The molecule has 0 heterocycles. The predicted octanol–water partition coefficient (Wildman–Crippen LogP) is 1.75. The van der Waals surface area contributed by atoms with Crippen molar-refractivity contribution in [1.29, 1.82) is 0 Å². The maximum absolute atomic E-state index is 5.10. The van der Waals surface area contributed by atoms with Crippen molar-refractivity contribution in [1.82, 2.24) is 0 Å². The van der Waals surface area contributed by atoms with Crippen molar-refractivity contribution in [3.8, 4) is 36.4 Å². The normalized spacial score (nSPS) is 7.00. The Morgan fingerprint density at radius 1 is 1.22 bits per heavy atom. The Labute approximate surface area is 70.8 Å². The molecule has 0 N–H and O–H groups in total. The van der Waals surface area contributed by atoms with Crippen LogP contribution in [0, 0.1) is 36.4 Å². The van der Waals surface area contributed by atoms with Gasteiger partial charge in [-0.25, -0.2) is 0 Å². The lowest BCUT2D eigenvalue weighted by Gasteiger charge is -1.97. The summed E-state index contributed by atoms with van der Waals surface area (Å²) in [6.45, 7) is 0. The van der Waals surface area contributed by atoms with E-state index in [1.54, 1.807) is 0 Å². The van der Waals surface area contributed by atoms with Crippen LogP contribution < -0.4 is 0 Å². The number of hydrogen-bond acceptors (Lipinski definition) is 0. The zero-order valence-electron chi connectivity index (χ0n) is 4.63. The fourth-order valence-electron chi connectivity index (χ4n) is 0.243. The Bertz CT molecular complexity index is 191. The van der Waals surface area contributed by atoms with Gasteiger partial charge < -0.3 is 0 Å². The van der Waals surface area contributed by atoms with E-state index in [0.717, 1.165) is 0 Å². The van der Waals surface area contributed by atoms with Crippen molar-refractivity contribution < 1.29 is 0 Å². The van der Waals surface area contributed by atoms with E-state index in [4.69, 9.17) is 19.3 Å². The summed E-state index contributed by atoms with van der Waals surface area (Å²) >= 11 is 2.08. The van der Waals surface area contributed by atoms with Gasteiger partial charge >= 0.3 is 4.29 Å². The third kappa shape index (κ3) is 2.81. The van der Waals surface area contributed by atoms with Crippen LogP contribution in [0.4, 0.5) is 0 Å². The molecule has 0 aliphatic carbocycles. The van der Waals surface area contributed by atoms with Crippen LogP contribution >= 0.6 is 30.2 Å². The first-order valence-electron chi connectivity index (χ1n) is 2.08. The highest BCUT2D eigenvalue weighted by Crippen LogP contribution is 2.37. The molecule has 0 aromatic heterocycles. The van der Waals surface area contributed by atoms with Crippen LogP contribution in [0.1, 0.15) is 0 Å². The topological polar surface area (TPSA) is 0 Å². The molecule has 0 aliphatic heterocycles. The molecule has 0 aromatic carbocycles. The molecule has 0 fully saturated rings. The van der Waals surface area contributed by atoms with Gasteiger partial charge in [0.05, 0.1) is 0 Å². The minimum absolute atomic E-state index is 0.0209. The summed E-state index contributed by atoms with van der Waals surface area (Å²) in [5, 5.41) is 0. The molecule has 0 spiro atoms. The van der Waals surface area contributed by atoms with Crippen LogP contribution in [-0.4, -0.2) is 4.29 Å². The molecule has 0 radical (unpaired) electrons. The quantitative estimate of drug-likeness (QED) is 0.285. The Morgan fingerprint density at radius 2 is 1.67 bits per heavy atom. The second-order valence-electron chi connectivity index (χ2n) is 1.13. The van der Waals surface area contributed by atoms with Gasteiger partial charge in [0, 0.05) is 7.80 Å². The molecule has 0 rings (SSSR count). The van der Waals surface area contributed by atoms with Gasteiger partial charge in [-0.3, -0.25) is 0 Å². The van der Waals surface area contributed by atoms with Gasteiger partial charge in [-0.2, -0.15) is 0 Å². The van der Waals surface area contributed by atoms with Crippen molar-refractivity contribution in [2.75, 3.05) is 0 Å². The van der Waals surface area contributed by atoms with Gasteiger partial charge in [0.15, 0.2) is 0 Å². The third-order valence-electron chi connectivity index (χ3n) is 0.642. The van der Waals surface area contributed by atoms with Crippen molar-refractivity contribution in [2.45, 2.75) is 0 Å². The summed E-state index contributed by atoms with van der Waals surface area (Å²) < 4.78 is 0.0209. The van der Waals surface area contributed by atoms with Gasteiger partial charge in [-0.05, 0) is 0 Å². The van der Waals surface area contributed by atoms with Crippen molar-refractivity contribution >= 4 is 34.5 Å². The zero-order chi connectivity index (χ0) is 7.28. The molecular weight excluding hydrogens is 241 g/mol. The molecule has 0 saturated carbocycles. The Hall–Kier alpha value is -0.0951. The van der Waals surface area contributed by atoms with Crippen molar-refractivity contribution in [3.05, 3.63) is 0 Å². The van der Waals surface area contributed by atoms with Crippen LogP contribution in [-0.2, 0) is 0 Å². The summed E-state index contributed by atoms with van der Waals surface area (Å²) in [5.74, 6) is 2.50. The Kier molecular flexibility index (Phi) is 4.70. The smallest absolute Gasteiger partial charge is 0.135 e. The summed E-state index contributed by atoms with van der Waals surface area (Å²) in [6.07, 6.45) is 15.3. The van der Waals surface area contributed by atoms with Crippen LogP contribution in [0.2, 0.25) is 0 Å². The minimum atomic E-state index is -0.811. The lowest BCUT2D eigenvalue weighted by Crippen LogP contribution is -1.92. The van der Waals surface area contributed by atoms with Crippen molar-refractivity contribution in [2.24, 2.45) is 0 Å². The van der Waals surface area contributed by atoms with E-state index in [-0.39, 0.29) is 4.29 Å². The SMILES string of the molecule is C#CB(I)P(C#C)C#C. The molecule has 3 heteroatoms. The lowest BCUT2D eigenvalue weighted by molar-refractivity contribution is 2.91. The zero-order valence-corrected chi connectivity index (χ0v) is 7.69. The minimum Gasteiger partial charge on any atom is -0.135 e. The highest BCUT2D eigenvalue weighted by atomic mass is 127. The van der Waals surface area contributed by atoms with Gasteiger partial charge in [0.1, 0.15) is 0 Å². The van der Waals surface area contributed by atoms with E-state index in [1.807, 2.05) is 0 Å². The number of halogens is 1. The molecule has 0 aromatic rings. The molecule has 42 valence electrons. The molecule has 0 atom stereocenters. The second-order valence-corrected chi connectivity index (χ2v) is 5.13. The number of rotatable bonds is 1. The number of hydrogen-bond donors (Lipinski definition) is 0. The van der Waals surface area contributed by atoms with Crippen LogP contribution in [0.5, 0.6) is 0 Å². The average Bonchev–Trinajstić information content (AvgIpc) is 1.90. The maximum Gasteiger partial charge on any atom is 0.353 e. The Morgan fingerprint density at radius 3 is 1.78 bits per heavy atom. The highest BCUT2D eigenvalue weighted by molar-refractivity contribution is 14.1. The predicted molar refractivity (Wildman–Crippen MR) is 53.2 cm³/mol. The molecule has 0 aliphatic rings. The molecule has 9 heavy (non-hydrogen) atoms. The highest BCUT2D eigenvalue weighted by Gasteiger charge is 2.15. The fourth-order valence-corrected chi connectivity index (χ4v) is 1.69. The second kappa shape index (κ2) is 4.75. The first kappa shape index (κ1) is 8.90. The summed E-state index contributed by atoms with van der Waals surface area (Å²) in [6, 6.07) is 0. The van der Waals surface area contributed by atoms with Crippen LogP contribution in [0.3, 0.4) is 0 Å². The first-order valence-corrected chi connectivity index (χ1v) is 4.73. The van der Waals surface area contributed by atoms with Gasteiger partial charge in [-0.15, -0.1) is 47.5 Å². The maximum atomic E-state index is 5.10. The van der Waals surface area contributed by atoms with Gasteiger partial charge in [-0.1, -0.05) is 11.3 Å². The van der Waals surface area contributed by atoms with Crippen LogP contribution in [0.25, 0.3) is 0 Å². The van der Waals surface area contributed by atoms with Gasteiger partial charge in [0.2, 0.25) is 0 Å². The molecule has 0 saturated heterocycles. The Balaban J connectivity index is 4.08. The third-order valence-corrected chi connectivity index (χ3v) is 3.83. The van der Waals surface area contributed by atoms with Crippen LogP contribution in [0.15, 0.2) is 0 Å². The van der Waals surface area contributed by atoms with E-state index >= 15 is 0 Å². The van der Waals surface area contributed by atoms with Crippen molar-refractivity contribution in [3.63, 3.8) is 0 Å². The largest absolute Gasteiger partial charge is 0.353 e. The molecule has 0 nitrogen and oxygen atoms in total. The first-order chi connectivity index (χ1) is 4.26. The number of terminal acetylenes is 3. The average molecular weight is 244 g/mol. The summed E-state index contributed by atoms with van der Waals surface area (Å²) in [5.41, 5.74) is 4.96. The summed E-state index contributed by atoms with van der Waals surface area (Å²) in [4.78, 5) is 0. The van der Waals surface area contributed by atoms with Gasteiger partial charge in [0.25, 0.3) is 0 Å². The fraction of sp³-hybridized carbons (Fsp3) is 0. The van der Waals surface area contributed by atoms with E-state index in [2.05, 4.69) is 39.5 Å². The molecular formula is C6H3BIP.